The van der Waals surface area contributed by atoms with E-state index in [9.17, 15) is 29.4 Å². The summed E-state index contributed by atoms with van der Waals surface area (Å²) >= 11 is 5.94. The second-order valence-electron chi connectivity index (χ2n) is 14.7. The number of ketones is 1. The van der Waals surface area contributed by atoms with Crippen LogP contribution < -0.4 is 15.4 Å². The van der Waals surface area contributed by atoms with Crippen LogP contribution in [-0.2, 0) is 19.1 Å². The third-order valence-corrected chi connectivity index (χ3v) is 9.34. The van der Waals surface area contributed by atoms with Gasteiger partial charge in [0.05, 0.1) is 19.8 Å². The van der Waals surface area contributed by atoms with Crippen molar-refractivity contribution in [1.82, 2.24) is 10.6 Å². The number of benzene rings is 2. The highest BCUT2D eigenvalue weighted by molar-refractivity contribution is 6.30. The molecule has 2 rings (SSSR count). The average molecular weight is 846 g/mol. The molecular formula is C49H65ClN2O8. The molecular weight excluding hydrogens is 780 g/mol. The van der Waals surface area contributed by atoms with Crippen LogP contribution in [-0.4, -0.2) is 71.8 Å². The second kappa shape index (κ2) is 30.9. The highest BCUT2D eigenvalue weighted by atomic mass is 35.5. The number of carbonyl (C=O) groups is 4. The summed E-state index contributed by atoms with van der Waals surface area (Å²) in [5.74, 6) is -1.86. The van der Waals surface area contributed by atoms with Gasteiger partial charge in [-0.25, -0.2) is 4.79 Å². The maximum Gasteiger partial charge on any atom is 0.328 e. The fourth-order valence-corrected chi connectivity index (χ4v) is 5.60. The molecule has 2 aromatic carbocycles. The largest absolute Gasteiger partial charge is 0.478 e. The molecule has 1 atom stereocenters. The summed E-state index contributed by atoms with van der Waals surface area (Å²) < 4.78 is 11.3. The van der Waals surface area contributed by atoms with E-state index in [1.807, 2.05) is 12.2 Å². The van der Waals surface area contributed by atoms with Crippen molar-refractivity contribution in [2.75, 3.05) is 26.4 Å². The SMILES string of the molecule is CC/C=C\C/C=C\C/C=C\C/C=C\C/C=C\C/C=C\CCC(=O)NCCCCC(NC(=O)C(C)(C)Oc1ccc(C(=O)c2ccc(Cl)cc2)cc1)C(=O)OCC(CO)CO. The van der Waals surface area contributed by atoms with Gasteiger partial charge in [0, 0.05) is 35.0 Å². The monoisotopic (exact) mass is 844 g/mol. The summed E-state index contributed by atoms with van der Waals surface area (Å²) in [6, 6.07) is 11.9. The van der Waals surface area contributed by atoms with Crippen molar-refractivity contribution >= 4 is 35.2 Å². The summed E-state index contributed by atoms with van der Waals surface area (Å²) in [6.07, 6.45) is 33.6. The Hall–Kier alpha value is -5.03. The molecule has 0 fully saturated rings. The van der Waals surface area contributed by atoms with Crippen LogP contribution in [0.25, 0.3) is 0 Å². The molecule has 1 unspecified atom stereocenters. The van der Waals surface area contributed by atoms with Crippen molar-refractivity contribution < 1.29 is 38.9 Å². The number of allylic oxidation sites excluding steroid dienone is 12. The third kappa shape index (κ3) is 22.4. The molecule has 2 amide bonds. The topological polar surface area (TPSA) is 151 Å². The standard InChI is InChI=1S/C49H65ClN2O8/c1-4-5-6-7-8-9-10-11-12-13-14-15-16-17-18-19-20-21-22-26-45(55)51-35-24-23-25-44(47(57)59-38-39(36-53)37-54)52-48(58)49(2,3)60-43-33-29-41(30-34-43)46(56)40-27-31-42(50)32-28-40/h5-6,8-9,11-12,14-15,17-18,20-21,27-34,39,44,53-54H,4,7,10,13,16,19,22-26,35-38H2,1-3H3,(H,51,55)(H,52,58)/b6-5-,9-8-,12-11-,15-14-,18-17-,21-20-. The summed E-state index contributed by atoms with van der Waals surface area (Å²) in [5, 5.41) is 25.0. The first-order valence-electron chi connectivity index (χ1n) is 21.0. The molecule has 10 nitrogen and oxygen atoms in total. The molecule has 0 spiro atoms. The van der Waals surface area contributed by atoms with Crippen molar-refractivity contribution in [1.29, 1.82) is 0 Å². The van der Waals surface area contributed by atoms with E-state index in [0.717, 1.165) is 38.5 Å². The second-order valence-corrected chi connectivity index (χ2v) is 15.1. The number of halogens is 1. The molecule has 326 valence electrons. The van der Waals surface area contributed by atoms with Crippen molar-refractivity contribution in [3.05, 3.63) is 138 Å². The first kappa shape index (κ1) is 51.1. The van der Waals surface area contributed by atoms with Gasteiger partial charge in [-0.1, -0.05) is 91.4 Å². The molecule has 0 saturated heterocycles. The Morgan fingerprint density at radius 1 is 0.717 bits per heavy atom. The molecule has 0 saturated carbocycles. The summed E-state index contributed by atoms with van der Waals surface area (Å²) in [7, 11) is 0. The molecule has 11 heteroatoms. The van der Waals surface area contributed by atoms with E-state index in [1.54, 1.807) is 62.4 Å². The van der Waals surface area contributed by atoms with E-state index < -0.39 is 29.4 Å². The zero-order chi connectivity index (χ0) is 43.9. The van der Waals surface area contributed by atoms with Crippen LogP contribution in [0.15, 0.2) is 121 Å². The molecule has 4 N–H and O–H groups in total. The van der Waals surface area contributed by atoms with Gasteiger partial charge < -0.3 is 30.3 Å². The van der Waals surface area contributed by atoms with Crippen LogP contribution in [0, 0.1) is 5.92 Å². The number of esters is 1. The maximum absolute atomic E-state index is 13.4. The van der Waals surface area contributed by atoms with Gasteiger partial charge in [-0.3, -0.25) is 14.4 Å². The van der Waals surface area contributed by atoms with Crippen LogP contribution in [0.3, 0.4) is 0 Å². The lowest BCUT2D eigenvalue weighted by molar-refractivity contribution is -0.152. The van der Waals surface area contributed by atoms with Crippen LogP contribution in [0.4, 0.5) is 0 Å². The van der Waals surface area contributed by atoms with Gasteiger partial charge in [-0.2, -0.15) is 0 Å². The van der Waals surface area contributed by atoms with E-state index in [1.165, 1.54) is 0 Å². The maximum atomic E-state index is 13.4. The Labute approximate surface area is 362 Å². The highest BCUT2D eigenvalue weighted by Crippen LogP contribution is 2.22. The fourth-order valence-electron chi connectivity index (χ4n) is 5.47. The number of unbranched alkanes of at least 4 members (excludes halogenated alkanes) is 1. The number of rotatable bonds is 30. The van der Waals surface area contributed by atoms with E-state index in [2.05, 4.69) is 78.3 Å². The number of hydrogen-bond donors (Lipinski definition) is 4. The van der Waals surface area contributed by atoms with Crippen molar-refractivity contribution in [2.24, 2.45) is 5.92 Å². The summed E-state index contributed by atoms with van der Waals surface area (Å²) in [6.45, 7) is 4.70. The lowest BCUT2D eigenvalue weighted by atomic mass is 10.0. The molecule has 0 heterocycles. The first-order chi connectivity index (χ1) is 29.0. The lowest BCUT2D eigenvalue weighted by Crippen LogP contribution is -2.52. The van der Waals surface area contributed by atoms with Gasteiger partial charge in [0.2, 0.25) is 5.91 Å². The molecule has 0 radical (unpaired) electrons. The van der Waals surface area contributed by atoms with Crippen LogP contribution >= 0.6 is 11.6 Å². The van der Waals surface area contributed by atoms with Gasteiger partial charge in [0.15, 0.2) is 11.4 Å². The van der Waals surface area contributed by atoms with Gasteiger partial charge >= 0.3 is 5.97 Å². The highest BCUT2D eigenvalue weighted by Gasteiger charge is 2.34. The van der Waals surface area contributed by atoms with Crippen LogP contribution in [0.1, 0.15) is 107 Å². The van der Waals surface area contributed by atoms with E-state index in [4.69, 9.17) is 21.1 Å². The molecule has 60 heavy (non-hydrogen) atoms. The molecule has 0 aliphatic carbocycles. The molecule has 0 aromatic heterocycles. The van der Waals surface area contributed by atoms with Crippen molar-refractivity contribution in [3.63, 3.8) is 0 Å². The minimum absolute atomic E-state index is 0.0703. The number of aliphatic hydroxyl groups is 2. The normalized spacial score (nSPS) is 12.8. The molecule has 0 aliphatic rings. The zero-order valence-corrected chi connectivity index (χ0v) is 36.3. The van der Waals surface area contributed by atoms with Gasteiger partial charge in [0.25, 0.3) is 5.91 Å². The Bertz CT molecular complexity index is 1740. The number of amides is 2. The molecule has 2 aromatic rings. The third-order valence-electron chi connectivity index (χ3n) is 9.09. The zero-order valence-electron chi connectivity index (χ0n) is 35.5. The van der Waals surface area contributed by atoms with E-state index in [-0.39, 0.29) is 37.9 Å². The predicted octanol–water partition coefficient (Wildman–Crippen LogP) is 9.12. The van der Waals surface area contributed by atoms with Gasteiger partial charge in [0.1, 0.15) is 11.8 Å². The van der Waals surface area contributed by atoms with Gasteiger partial charge in [-0.05, 0) is 127 Å². The number of carbonyl (C=O) groups excluding carboxylic acids is 4. The number of hydrogen-bond acceptors (Lipinski definition) is 8. The lowest BCUT2D eigenvalue weighted by Gasteiger charge is -2.28. The number of ether oxygens (including phenoxy) is 2. The molecule has 0 aliphatic heterocycles. The van der Waals surface area contributed by atoms with Crippen molar-refractivity contribution in [2.45, 2.75) is 103 Å². The average Bonchev–Trinajstić information content (AvgIpc) is 3.24. The first-order valence-corrected chi connectivity index (χ1v) is 21.3. The van der Waals surface area contributed by atoms with Crippen LogP contribution in [0.5, 0.6) is 5.75 Å². The minimum atomic E-state index is -1.42. The smallest absolute Gasteiger partial charge is 0.328 e. The Balaban J connectivity index is 1.75. The quantitative estimate of drug-likeness (QED) is 0.0263. The fraction of sp³-hybridized carbons (Fsp3) is 0.429. The minimum Gasteiger partial charge on any atom is -0.478 e. The van der Waals surface area contributed by atoms with Crippen LogP contribution in [0.2, 0.25) is 5.02 Å². The number of nitrogens with one attached hydrogen (secondary N) is 2. The Kier molecular flexibility index (Phi) is 26.3. The van der Waals surface area contributed by atoms with E-state index in [0.29, 0.717) is 54.1 Å². The Morgan fingerprint density at radius 3 is 1.73 bits per heavy atom. The summed E-state index contributed by atoms with van der Waals surface area (Å²) in [4.78, 5) is 51.8. The predicted molar refractivity (Wildman–Crippen MR) is 241 cm³/mol. The van der Waals surface area contributed by atoms with Crippen molar-refractivity contribution in [3.8, 4) is 5.75 Å². The number of aliphatic hydroxyl groups excluding tert-OH is 2. The Morgan fingerprint density at radius 2 is 1.22 bits per heavy atom. The molecule has 0 bridgehead atoms. The summed E-state index contributed by atoms with van der Waals surface area (Å²) in [5.41, 5.74) is -0.509. The van der Waals surface area contributed by atoms with E-state index >= 15 is 0 Å². The van der Waals surface area contributed by atoms with Gasteiger partial charge in [-0.15, -0.1) is 0 Å².